The molecule has 1 aromatic heterocycles. The maximum atomic E-state index is 13.9. The average molecular weight is 666 g/mol. The van der Waals surface area contributed by atoms with Crippen LogP contribution in [-0.4, -0.2) is 77.9 Å². The molecule has 236 valence electrons. The molecule has 0 radical (unpaired) electrons. The van der Waals surface area contributed by atoms with Crippen LogP contribution >= 0.6 is 34.7 Å². The number of nitrogens with two attached hydrogens (primary N) is 1. The van der Waals surface area contributed by atoms with Gasteiger partial charge < -0.3 is 15.4 Å². The number of ether oxygens (including phenoxy) is 1. The summed E-state index contributed by atoms with van der Waals surface area (Å²) in [6.07, 6.45) is 2.91. The van der Waals surface area contributed by atoms with E-state index in [0.29, 0.717) is 17.0 Å². The van der Waals surface area contributed by atoms with Crippen molar-refractivity contribution in [3.05, 3.63) is 64.2 Å². The van der Waals surface area contributed by atoms with E-state index in [0.717, 1.165) is 33.9 Å². The summed E-state index contributed by atoms with van der Waals surface area (Å²) < 4.78 is 47.4. The van der Waals surface area contributed by atoms with Gasteiger partial charge in [0, 0.05) is 55.0 Å². The van der Waals surface area contributed by atoms with Crippen LogP contribution in [0.2, 0.25) is 5.02 Å². The molecular formula is C32H35ClF3N3O3S2. The first-order chi connectivity index (χ1) is 21.0. The zero-order chi connectivity index (χ0) is 31.5. The van der Waals surface area contributed by atoms with E-state index < -0.39 is 23.2 Å². The molecule has 2 aromatic carbocycles. The molecule has 2 N–H and O–H groups in total. The monoisotopic (exact) mass is 665 g/mol. The van der Waals surface area contributed by atoms with Crippen molar-refractivity contribution in [1.29, 1.82) is 0 Å². The number of primary amides is 1. The number of benzene rings is 2. The number of thioether (sulfide) groups is 1. The van der Waals surface area contributed by atoms with E-state index in [9.17, 15) is 22.8 Å². The molecule has 6 nitrogen and oxygen atoms in total. The summed E-state index contributed by atoms with van der Waals surface area (Å²) in [4.78, 5) is 31.1. The summed E-state index contributed by atoms with van der Waals surface area (Å²) in [6, 6.07) is 13.6. The molecule has 2 amide bonds. The van der Waals surface area contributed by atoms with Crippen molar-refractivity contribution in [2.24, 2.45) is 5.73 Å². The molecule has 0 unspecified atom stereocenters. The molecule has 3 aromatic rings. The molecule has 0 atom stereocenters. The van der Waals surface area contributed by atoms with Gasteiger partial charge in [0.2, 0.25) is 5.91 Å². The minimum Gasteiger partial charge on any atom is -0.494 e. The van der Waals surface area contributed by atoms with Gasteiger partial charge >= 0.3 is 0 Å². The van der Waals surface area contributed by atoms with Crippen molar-refractivity contribution in [3.63, 3.8) is 0 Å². The third-order valence-electron chi connectivity index (χ3n) is 8.48. The Morgan fingerprint density at radius 3 is 2.30 bits per heavy atom. The number of halogens is 4. The third kappa shape index (κ3) is 7.06. The van der Waals surface area contributed by atoms with Gasteiger partial charge in [-0.05, 0) is 73.2 Å². The highest BCUT2D eigenvalue weighted by Crippen LogP contribution is 2.44. The third-order valence-corrected chi connectivity index (χ3v) is 10.6. The molecule has 44 heavy (non-hydrogen) atoms. The van der Waals surface area contributed by atoms with E-state index >= 15 is 0 Å². The molecule has 2 fully saturated rings. The Morgan fingerprint density at radius 2 is 1.68 bits per heavy atom. The van der Waals surface area contributed by atoms with Gasteiger partial charge in [-0.15, -0.1) is 11.3 Å². The maximum absolute atomic E-state index is 13.9. The lowest BCUT2D eigenvalue weighted by Gasteiger charge is -2.48. The van der Waals surface area contributed by atoms with Crippen molar-refractivity contribution in [2.75, 3.05) is 44.8 Å². The van der Waals surface area contributed by atoms with Crippen molar-refractivity contribution in [1.82, 2.24) is 9.80 Å². The van der Waals surface area contributed by atoms with E-state index in [4.69, 9.17) is 22.1 Å². The first kappa shape index (κ1) is 32.7. The Bertz CT molecular complexity index is 1480. The maximum Gasteiger partial charge on any atom is 0.263 e. The largest absolute Gasteiger partial charge is 0.494 e. The molecule has 2 saturated heterocycles. The van der Waals surface area contributed by atoms with Gasteiger partial charge in [-0.25, -0.2) is 13.2 Å². The average Bonchev–Trinajstić information content (AvgIpc) is 3.44. The summed E-state index contributed by atoms with van der Waals surface area (Å²) >= 11 is 9.51. The van der Waals surface area contributed by atoms with Crippen molar-refractivity contribution >= 4 is 46.5 Å². The first-order valence-corrected chi connectivity index (χ1v) is 17.2. The Hall–Kier alpha value is -2.73. The zero-order valence-electron chi connectivity index (χ0n) is 24.4. The van der Waals surface area contributed by atoms with Gasteiger partial charge in [-0.1, -0.05) is 23.7 Å². The normalized spacial score (nSPS) is 18.2. The van der Waals surface area contributed by atoms with Crippen LogP contribution < -0.4 is 10.5 Å². The summed E-state index contributed by atoms with van der Waals surface area (Å²) in [7, 11) is 0. The molecule has 0 aliphatic carbocycles. The fraction of sp³-hybridized carbons (Fsp3) is 0.438. The molecule has 3 heterocycles. The number of rotatable bonds is 10. The van der Waals surface area contributed by atoms with Crippen molar-refractivity contribution in [3.8, 4) is 27.3 Å². The van der Waals surface area contributed by atoms with Gasteiger partial charge in [0.1, 0.15) is 17.1 Å². The smallest absolute Gasteiger partial charge is 0.263 e. The SMILES string of the molecule is CSCCCOc1ccc(-c2cc(C(=O)N3CCC(C(N)=O)(N4CCC(F)(F)CC4)CC3)sc2-c2ccc(F)cc2Cl)cc1. The predicted molar refractivity (Wildman–Crippen MR) is 171 cm³/mol. The van der Waals surface area contributed by atoms with Crippen LogP contribution in [0.25, 0.3) is 21.6 Å². The number of amides is 2. The number of alkyl halides is 2. The molecule has 12 heteroatoms. The number of hydrogen-bond acceptors (Lipinski definition) is 6. The van der Waals surface area contributed by atoms with Crippen LogP contribution in [0, 0.1) is 5.82 Å². The van der Waals surface area contributed by atoms with Gasteiger partial charge in [0.05, 0.1) is 16.5 Å². The van der Waals surface area contributed by atoms with Crippen LogP contribution in [0.3, 0.4) is 0 Å². The molecular weight excluding hydrogens is 631 g/mol. The van der Waals surface area contributed by atoms with Gasteiger partial charge in [0.25, 0.3) is 11.8 Å². The topological polar surface area (TPSA) is 75.9 Å². The Morgan fingerprint density at radius 1 is 1.00 bits per heavy atom. The van der Waals surface area contributed by atoms with Gasteiger partial charge in [-0.3, -0.25) is 14.5 Å². The lowest BCUT2D eigenvalue weighted by molar-refractivity contribution is -0.140. The molecule has 0 bridgehead atoms. The van der Waals surface area contributed by atoms with E-state index in [1.165, 1.54) is 23.5 Å². The lowest BCUT2D eigenvalue weighted by Crippen LogP contribution is -2.64. The molecule has 0 spiro atoms. The summed E-state index contributed by atoms with van der Waals surface area (Å²) in [5.74, 6) is -2.19. The van der Waals surface area contributed by atoms with Gasteiger partial charge in [-0.2, -0.15) is 11.8 Å². The van der Waals surface area contributed by atoms with Crippen molar-refractivity contribution in [2.45, 2.75) is 43.6 Å². The van der Waals surface area contributed by atoms with Crippen LogP contribution in [0.5, 0.6) is 5.75 Å². The zero-order valence-corrected chi connectivity index (χ0v) is 26.8. The predicted octanol–water partition coefficient (Wildman–Crippen LogP) is 7.20. The highest BCUT2D eigenvalue weighted by Gasteiger charge is 2.49. The number of nitrogens with zero attached hydrogens (tertiary/aromatic N) is 2. The standard InChI is InChI=1S/C32H35ClF3N3O3S2/c1-43-18-2-17-42-23-6-3-21(4-7-23)25-20-27(44-28(25)24-8-5-22(34)19-26(24)33)29(40)38-13-9-31(10-14-38,30(37)41)39-15-11-32(35,36)12-16-39/h3-8,19-20H,2,9-18H2,1H3,(H2,37,41). The number of carbonyl (C=O) groups excluding carboxylic acids is 2. The first-order valence-electron chi connectivity index (χ1n) is 14.6. The lowest BCUT2D eigenvalue weighted by atomic mass is 9.83. The summed E-state index contributed by atoms with van der Waals surface area (Å²) in [5, 5.41) is 0.233. The molecule has 5 rings (SSSR count). The van der Waals surface area contributed by atoms with Crippen molar-refractivity contribution < 1.29 is 27.5 Å². The van der Waals surface area contributed by atoms with E-state index in [1.807, 2.05) is 30.3 Å². The second kappa shape index (κ2) is 13.7. The molecule has 2 aliphatic rings. The molecule has 0 saturated carbocycles. The van der Waals surface area contributed by atoms with Crippen LogP contribution in [0.4, 0.5) is 13.2 Å². The second-order valence-corrected chi connectivity index (χ2v) is 13.7. The number of carbonyl (C=O) groups is 2. The summed E-state index contributed by atoms with van der Waals surface area (Å²) in [6.45, 7) is 1.31. The fourth-order valence-corrected chi connectivity index (χ4v) is 7.84. The van der Waals surface area contributed by atoms with Crippen LogP contribution in [-0.2, 0) is 4.79 Å². The highest BCUT2D eigenvalue weighted by molar-refractivity contribution is 7.98. The number of piperidine rings is 2. The Labute approximate surface area is 268 Å². The van der Waals surface area contributed by atoms with Gasteiger partial charge in [0.15, 0.2) is 0 Å². The fourth-order valence-electron chi connectivity index (χ4n) is 5.92. The molecule has 2 aliphatic heterocycles. The van der Waals surface area contributed by atoms with E-state index in [1.54, 1.807) is 27.6 Å². The quantitative estimate of drug-likeness (QED) is 0.232. The van der Waals surface area contributed by atoms with Crippen LogP contribution in [0.1, 0.15) is 41.8 Å². The number of thiophene rings is 1. The van der Waals surface area contributed by atoms with E-state index in [2.05, 4.69) is 6.26 Å². The summed E-state index contributed by atoms with van der Waals surface area (Å²) in [5.41, 5.74) is 7.02. The Kier molecular flexibility index (Phi) is 10.2. The van der Waals surface area contributed by atoms with E-state index in [-0.39, 0.29) is 62.8 Å². The number of likely N-dealkylation sites (tertiary alicyclic amines) is 2. The number of hydrogen-bond donors (Lipinski definition) is 1. The minimum absolute atomic E-state index is 0.0849. The minimum atomic E-state index is -2.74. The Balaban J connectivity index is 1.38. The van der Waals surface area contributed by atoms with Crippen LogP contribution in [0.15, 0.2) is 48.5 Å². The highest BCUT2D eigenvalue weighted by atomic mass is 35.5. The second-order valence-electron chi connectivity index (χ2n) is 11.2.